The lowest BCUT2D eigenvalue weighted by Gasteiger charge is -2.17. The Kier molecular flexibility index (Phi) is 5.76. The number of hydrogen-bond acceptors (Lipinski definition) is 4. The SMILES string of the molecule is Cc1cn(-c2ccc(C(=O)c3cc(C#N)cn([C@@H](C)c4ccc(F)cc4)c3=O)cc2C)cn1. The number of halogens is 1. The van der Waals surface area contributed by atoms with Crippen LogP contribution in [0.5, 0.6) is 0 Å². The average Bonchev–Trinajstić information content (AvgIpc) is 3.24. The van der Waals surface area contributed by atoms with Crippen LogP contribution in [-0.4, -0.2) is 19.9 Å². The molecule has 1 atom stereocenters. The summed E-state index contributed by atoms with van der Waals surface area (Å²) in [4.78, 5) is 30.8. The minimum absolute atomic E-state index is 0.0892. The zero-order valence-corrected chi connectivity index (χ0v) is 18.4. The minimum Gasteiger partial charge on any atom is -0.306 e. The van der Waals surface area contributed by atoms with Gasteiger partial charge in [0.05, 0.1) is 29.2 Å². The summed E-state index contributed by atoms with van der Waals surface area (Å²) in [7, 11) is 0. The molecule has 0 aliphatic rings. The van der Waals surface area contributed by atoms with Crippen LogP contribution in [0.25, 0.3) is 5.69 Å². The lowest BCUT2D eigenvalue weighted by molar-refractivity contribution is 0.103. The van der Waals surface area contributed by atoms with E-state index in [9.17, 15) is 19.2 Å². The Labute approximate surface area is 190 Å². The number of aromatic nitrogens is 3. The lowest BCUT2D eigenvalue weighted by Crippen LogP contribution is -2.29. The molecule has 0 amide bonds. The second-order valence-electron chi connectivity index (χ2n) is 7.95. The second-order valence-corrected chi connectivity index (χ2v) is 7.95. The molecule has 2 aromatic carbocycles. The summed E-state index contributed by atoms with van der Waals surface area (Å²) in [6.45, 7) is 5.53. The first-order valence-corrected chi connectivity index (χ1v) is 10.4. The van der Waals surface area contributed by atoms with Gasteiger partial charge >= 0.3 is 0 Å². The van der Waals surface area contributed by atoms with Gasteiger partial charge in [-0.15, -0.1) is 0 Å². The lowest BCUT2D eigenvalue weighted by atomic mass is 10.00. The topological polar surface area (TPSA) is 80.7 Å². The van der Waals surface area contributed by atoms with Crippen molar-refractivity contribution in [2.75, 3.05) is 0 Å². The first-order chi connectivity index (χ1) is 15.8. The van der Waals surface area contributed by atoms with Gasteiger partial charge in [-0.25, -0.2) is 9.37 Å². The molecule has 0 fully saturated rings. The average molecular weight is 440 g/mol. The predicted octanol–water partition coefficient (Wildman–Crippen LogP) is 4.50. The van der Waals surface area contributed by atoms with E-state index in [-0.39, 0.29) is 16.9 Å². The van der Waals surface area contributed by atoms with Crippen molar-refractivity contribution in [2.24, 2.45) is 0 Å². The fourth-order valence-corrected chi connectivity index (χ4v) is 3.81. The van der Waals surface area contributed by atoms with Gasteiger partial charge in [0, 0.05) is 23.6 Å². The summed E-state index contributed by atoms with van der Waals surface area (Å²) in [6, 6.07) is 13.8. The standard InChI is InChI=1S/C26H21FN4O2/c1-16-10-21(6-9-24(16)30-13-17(2)29-15-30)25(32)23-11-19(12-28)14-31(26(23)33)18(3)20-4-7-22(27)8-5-20/h4-11,13-15,18H,1-3H3/t18-/m0/s1. The Balaban J connectivity index is 1.76. The third-order valence-electron chi connectivity index (χ3n) is 5.64. The number of nitriles is 1. The maximum atomic E-state index is 13.3. The first kappa shape index (κ1) is 21.9. The number of imidazole rings is 1. The van der Waals surface area contributed by atoms with E-state index >= 15 is 0 Å². The zero-order chi connectivity index (χ0) is 23.7. The van der Waals surface area contributed by atoms with Crippen LogP contribution in [0, 0.1) is 31.0 Å². The van der Waals surface area contributed by atoms with Crippen LogP contribution in [0.4, 0.5) is 4.39 Å². The molecule has 0 saturated carbocycles. The van der Waals surface area contributed by atoms with E-state index in [2.05, 4.69) is 4.98 Å². The summed E-state index contributed by atoms with van der Waals surface area (Å²) in [5.41, 5.74) is 3.21. The Morgan fingerprint density at radius 2 is 1.82 bits per heavy atom. The molecular formula is C26H21FN4O2. The number of nitrogens with zero attached hydrogens (tertiary/aromatic N) is 4. The summed E-state index contributed by atoms with van der Waals surface area (Å²) in [5, 5.41) is 9.49. The fraction of sp³-hybridized carbons (Fsp3) is 0.154. The maximum absolute atomic E-state index is 13.3. The van der Waals surface area contributed by atoms with Crippen molar-refractivity contribution in [3.05, 3.63) is 117 Å². The number of carbonyl (C=O) groups excluding carboxylic acids is 1. The van der Waals surface area contributed by atoms with E-state index in [1.54, 1.807) is 43.6 Å². The number of ketones is 1. The molecule has 0 saturated heterocycles. The van der Waals surface area contributed by atoms with Crippen molar-refractivity contribution in [1.29, 1.82) is 5.26 Å². The molecule has 4 rings (SSSR count). The van der Waals surface area contributed by atoms with Crippen molar-refractivity contribution >= 4 is 5.78 Å². The van der Waals surface area contributed by atoms with E-state index in [0.717, 1.165) is 16.9 Å². The largest absolute Gasteiger partial charge is 0.306 e. The zero-order valence-electron chi connectivity index (χ0n) is 18.4. The molecule has 33 heavy (non-hydrogen) atoms. The summed E-state index contributed by atoms with van der Waals surface area (Å²) >= 11 is 0. The van der Waals surface area contributed by atoms with E-state index in [1.807, 2.05) is 30.7 Å². The number of aryl methyl sites for hydroxylation is 2. The third kappa shape index (κ3) is 4.23. The quantitative estimate of drug-likeness (QED) is 0.428. The monoisotopic (exact) mass is 440 g/mol. The number of hydrogen-bond donors (Lipinski definition) is 0. The van der Waals surface area contributed by atoms with Gasteiger partial charge in [0.1, 0.15) is 11.9 Å². The minimum atomic E-state index is -0.511. The molecule has 0 spiro atoms. The first-order valence-electron chi connectivity index (χ1n) is 10.4. The third-order valence-corrected chi connectivity index (χ3v) is 5.64. The number of rotatable bonds is 5. The molecule has 2 aromatic heterocycles. The molecule has 0 unspecified atom stereocenters. The summed E-state index contributed by atoms with van der Waals surface area (Å²) in [6.07, 6.45) is 5.00. The van der Waals surface area contributed by atoms with Crippen LogP contribution < -0.4 is 5.56 Å². The van der Waals surface area contributed by atoms with Crippen molar-refractivity contribution in [1.82, 2.24) is 14.1 Å². The molecule has 4 aromatic rings. The highest BCUT2D eigenvalue weighted by atomic mass is 19.1. The van der Waals surface area contributed by atoms with Gasteiger partial charge in [-0.3, -0.25) is 9.59 Å². The van der Waals surface area contributed by atoms with Crippen molar-refractivity contribution in [2.45, 2.75) is 26.8 Å². The van der Waals surface area contributed by atoms with Crippen LogP contribution in [-0.2, 0) is 0 Å². The molecular weight excluding hydrogens is 419 g/mol. The summed E-state index contributed by atoms with van der Waals surface area (Å²) in [5.74, 6) is -0.849. The molecule has 0 aliphatic carbocycles. The van der Waals surface area contributed by atoms with Gasteiger partial charge in [0.25, 0.3) is 5.56 Å². The highest BCUT2D eigenvalue weighted by Gasteiger charge is 2.20. The molecule has 6 nitrogen and oxygen atoms in total. The van der Waals surface area contributed by atoms with Crippen molar-refractivity contribution < 1.29 is 9.18 Å². The van der Waals surface area contributed by atoms with E-state index in [0.29, 0.717) is 11.1 Å². The predicted molar refractivity (Wildman–Crippen MR) is 122 cm³/mol. The Hall–Kier alpha value is -4.31. The molecule has 0 aliphatic heterocycles. The van der Waals surface area contributed by atoms with Crippen LogP contribution in [0.2, 0.25) is 0 Å². The Morgan fingerprint density at radius 3 is 2.42 bits per heavy atom. The van der Waals surface area contributed by atoms with Crippen LogP contribution in [0.15, 0.2) is 72.0 Å². The van der Waals surface area contributed by atoms with Gasteiger partial charge in [-0.1, -0.05) is 12.1 Å². The normalized spacial score (nSPS) is 11.7. The van der Waals surface area contributed by atoms with Gasteiger partial charge < -0.3 is 9.13 Å². The van der Waals surface area contributed by atoms with E-state index in [4.69, 9.17) is 0 Å². The molecule has 0 radical (unpaired) electrons. The molecule has 2 heterocycles. The van der Waals surface area contributed by atoms with Crippen molar-refractivity contribution in [3.8, 4) is 11.8 Å². The maximum Gasteiger partial charge on any atom is 0.262 e. The van der Waals surface area contributed by atoms with Crippen molar-refractivity contribution in [3.63, 3.8) is 0 Å². The van der Waals surface area contributed by atoms with Gasteiger partial charge in [0.2, 0.25) is 0 Å². The van der Waals surface area contributed by atoms with Gasteiger partial charge in [-0.2, -0.15) is 5.26 Å². The van der Waals surface area contributed by atoms with Gasteiger partial charge in [-0.05, 0) is 68.3 Å². The Morgan fingerprint density at radius 1 is 1.09 bits per heavy atom. The molecule has 7 heteroatoms. The second kappa shape index (κ2) is 8.67. The van der Waals surface area contributed by atoms with Crippen LogP contribution in [0.3, 0.4) is 0 Å². The highest BCUT2D eigenvalue weighted by molar-refractivity contribution is 6.09. The molecule has 164 valence electrons. The molecule has 0 N–H and O–H groups in total. The fourth-order valence-electron chi connectivity index (χ4n) is 3.81. The molecule has 0 bridgehead atoms. The van der Waals surface area contributed by atoms with Crippen LogP contribution in [0.1, 0.15) is 51.3 Å². The van der Waals surface area contributed by atoms with Crippen LogP contribution >= 0.6 is 0 Å². The summed E-state index contributed by atoms with van der Waals surface area (Å²) < 4.78 is 16.5. The smallest absolute Gasteiger partial charge is 0.262 e. The van der Waals surface area contributed by atoms with E-state index in [1.165, 1.54) is 29.0 Å². The number of pyridine rings is 1. The Bertz CT molecular complexity index is 1460. The van der Waals surface area contributed by atoms with E-state index < -0.39 is 17.4 Å². The number of carbonyl (C=O) groups is 1. The highest BCUT2D eigenvalue weighted by Crippen LogP contribution is 2.21. The van der Waals surface area contributed by atoms with Gasteiger partial charge in [0.15, 0.2) is 5.78 Å². The number of benzene rings is 2.